The SMILES string of the molecule is Cc1nc(-c2ccccc2)sc1-c1ccc(=O)n(CCNC(=O)c2cnccn2)n1. The van der Waals surface area contributed by atoms with E-state index in [9.17, 15) is 9.59 Å². The van der Waals surface area contributed by atoms with Gasteiger partial charge in [-0.15, -0.1) is 11.3 Å². The smallest absolute Gasteiger partial charge is 0.271 e. The van der Waals surface area contributed by atoms with Crippen molar-refractivity contribution in [1.82, 2.24) is 30.0 Å². The fourth-order valence-corrected chi connectivity index (χ4v) is 3.89. The quantitative estimate of drug-likeness (QED) is 0.516. The number of nitrogens with one attached hydrogen (secondary N) is 1. The minimum absolute atomic E-state index is 0.222. The van der Waals surface area contributed by atoms with Crippen LogP contribution in [0.2, 0.25) is 0 Å². The van der Waals surface area contributed by atoms with Crippen molar-refractivity contribution in [3.8, 4) is 21.1 Å². The van der Waals surface area contributed by atoms with Gasteiger partial charge in [-0.3, -0.25) is 14.6 Å². The van der Waals surface area contributed by atoms with Gasteiger partial charge in [0.1, 0.15) is 16.4 Å². The molecule has 0 aliphatic carbocycles. The molecule has 0 spiro atoms. The van der Waals surface area contributed by atoms with Gasteiger partial charge in [0, 0.05) is 30.6 Å². The molecular weight excluding hydrogens is 400 g/mol. The number of hydrogen-bond acceptors (Lipinski definition) is 7. The first-order valence-corrected chi connectivity index (χ1v) is 10.1. The number of hydrogen-bond donors (Lipinski definition) is 1. The zero-order chi connectivity index (χ0) is 20.9. The average molecular weight is 418 g/mol. The summed E-state index contributed by atoms with van der Waals surface area (Å²) in [6, 6.07) is 13.1. The van der Waals surface area contributed by atoms with Crippen LogP contribution in [0.25, 0.3) is 21.1 Å². The van der Waals surface area contributed by atoms with Crippen LogP contribution in [0.1, 0.15) is 16.2 Å². The number of carbonyl (C=O) groups is 1. The molecule has 0 fully saturated rings. The number of nitrogens with zero attached hydrogens (tertiary/aromatic N) is 5. The molecule has 1 aromatic carbocycles. The van der Waals surface area contributed by atoms with Crippen LogP contribution in [-0.4, -0.2) is 37.2 Å². The first-order chi connectivity index (χ1) is 14.6. The molecule has 9 heteroatoms. The molecule has 0 radical (unpaired) electrons. The Hall–Kier alpha value is -3.72. The third kappa shape index (κ3) is 4.31. The lowest BCUT2D eigenvalue weighted by atomic mass is 10.2. The van der Waals surface area contributed by atoms with Gasteiger partial charge in [-0.1, -0.05) is 30.3 Å². The van der Waals surface area contributed by atoms with Gasteiger partial charge in [-0.2, -0.15) is 5.10 Å². The summed E-state index contributed by atoms with van der Waals surface area (Å²) in [6.07, 6.45) is 4.33. The summed E-state index contributed by atoms with van der Waals surface area (Å²) in [5.41, 5.74) is 2.55. The van der Waals surface area contributed by atoms with Gasteiger partial charge in [-0.05, 0) is 13.0 Å². The fraction of sp³-hybridized carbons (Fsp3) is 0.143. The van der Waals surface area contributed by atoms with Gasteiger partial charge in [-0.25, -0.2) is 14.6 Å². The van der Waals surface area contributed by atoms with Crippen molar-refractivity contribution in [3.63, 3.8) is 0 Å². The molecule has 3 heterocycles. The Morgan fingerprint density at radius 2 is 1.97 bits per heavy atom. The molecule has 4 aromatic rings. The zero-order valence-electron chi connectivity index (χ0n) is 16.1. The van der Waals surface area contributed by atoms with E-state index in [4.69, 9.17) is 0 Å². The van der Waals surface area contributed by atoms with Crippen LogP contribution in [0.3, 0.4) is 0 Å². The van der Waals surface area contributed by atoms with Gasteiger partial charge < -0.3 is 5.32 Å². The first kappa shape index (κ1) is 19.6. The van der Waals surface area contributed by atoms with E-state index in [-0.39, 0.29) is 30.2 Å². The topological polar surface area (TPSA) is 103 Å². The molecule has 3 aromatic heterocycles. The number of thiazole rings is 1. The highest BCUT2D eigenvalue weighted by atomic mass is 32.1. The highest BCUT2D eigenvalue weighted by molar-refractivity contribution is 7.18. The lowest BCUT2D eigenvalue weighted by Gasteiger charge is -2.07. The van der Waals surface area contributed by atoms with Gasteiger partial charge in [0.2, 0.25) is 0 Å². The van der Waals surface area contributed by atoms with Crippen LogP contribution in [0, 0.1) is 6.92 Å². The molecule has 0 atom stereocenters. The number of rotatable bonds is 6. The van der Waals surface area contributed by atoms with Crippen LogP contribution in [0.15, 0.2) is 65.8 Å². The Morgan fingerprint density at radius 3 is 2.73 bits per heavy atom. The highest BCUT2D eigenvalue weighted by Gasteiger charge is 2.14. The Kier molecular flexibility index (Phi) is 5.71. The predicted octanol–water partition coefficient (Wildman–Crippen LogP) is 2.56. The van der Waals surface area contributed by atoms with E-state index in [0.29, 0.717) is 5.69 Å². The summed E-state index contributed by atoms with van der Waals surface area (Å²) >= 11 is 1.53. The predicted molar refractivity (Wildman–Crippen MR) is 114 cm³/mol. The third-order valence-corrected chi connectivity index (χ3v) is 5.55. The summed E-state index contributed by atoms with van der Waals surface area (Å²) in [6.45, 7) is 2.40. The monoisotopic (exact) mass is 418 g/mol. The molecule has 0 saturated heterocycles. The van der Waals surface area contributed by atoms with E-state index in [0.717, 1.165) is 21.1 Å². The maximum Gasteiger partial charge on any atom is 0.271 e. The molecule has 0 aliphatic heterocycles. The molecule has 0 aliphatic rings. The Balaban J connectivity index is 1.50. The zero-order valence-corrected chi connectivity index (χ0v) is 17.0. The van der Waals surface area contributed by atoms with Crippen molar-refractivity contribution >= 4 is 17.2 Å². The molecule has 0 unspecified atom stereocenters. The second kappa shape index (κ2) is 8.75. The molecular formula is C21H18N6O2S. The minimum Gasteiger partial charge on any atom is -0.349 e. The maximum atomic E-state index is 12.2. The summed E-state index contributed by atoms with van der Waals surface area (Å²) in [5, 5.41) is 8.10. The number of aryl methyl sites for hydroxylation is 1. The van der Waals surface area contributed by atoms with Gasteiger partial charge in [0.25, 0.3) is 11.5 Å². The lowest BCUT2D eigenvalue weighted by molar-refractivity contribution is 0.0946. The highest BCUT2D eigenvalue weighted by Crippen LogP contribution is 2.33. The largest absolute Gasteiger partial charge is 0.349 e. The molecule has 1 amide bonds. The molecule has 0 saturated carbocycles. The summed E-state index contributed by atoms with van der Waals surface area (Å²) in [7, 11) is 0. The Bertz CT molecular complexity index is 1220. The number of carbonyl (C=O) groups excluding carboxylic acids is 1. The molecule has 8 nitrogen and oxygen atoms in total. The Morgan fingerprint density at radius 1 is 1.13 bits per heavy atom. The number of amides is 1. The summed E-state index contributed by atoms with van der Waals surface area (Å²) in [4.78, 5) is 37.6. The van der Waals surface area contributed by atoms with Crippen molar-refractivity contribution in [2.24, 2.45) is 0 Å². The maximum absolute atomic E-state index is 12.2. The van der Waals surface area contributed by atoms with Crippen molar-refractivity contribution in [1.29, 1.82) is 0 Å². The minimum atomic E-state index is -0.349. The molecule has 1 N–H and O–H groups in total. The average Bonchev–Trinajstić information content (AvgIpc) is 3.18. The van der Waals surface area contributed by atoms with Crippen LogP contribution in [-0.2, 0) is 6.54 Å². The summed E-state index contributed by atoms with van der Waals surface area (Å²) in [5.74, 6) is -0.349. The second-order valence-corrected chi connectivity index (χ2v) is 7.43. The van der Waals surface area contributed by atoms with Crippen LogP contribution in [0.4, 0.5) is 0 Å². The molecule has 4 rings (SSSR count). The van der Waals surface area contributed by atoms with E-state index in [2.05, 4.69) is 25.4 Å². The van der Waals surface area contributed by atoms with Crippen LogP contribution >= 0.6 is 11.3 Å². The Labute approximate surface area is 176 Å². The van der Waals surface area contributed by atoms with E-state index >= 15 is 0 Å². The van der Waals surface area contributed by atoms with Gasteiger partial charge >= 0.3 is 0 Å². The first-order valence-electron chi connectivity index (χ1n) is 9.27. The van der Waals surface area contributed by atoms with Gasteiger partial charge in [0.05, 0.1) is 23.3 Å². The van der Waals surface area contributed by atoms with E-state index in [1.807, 2.05) is 37.3 Å². The number of benzene rings is 1. The third-order valence-electron chi connectivity index (χ3n) is 4.32. The summed E-state index contributed by atoms with van der Waals surface area (Å²) < 4.78 is 1.34. The second-order valence-electron chi connectivity index (χ2n) is 6.43. The van der Waals surface area contributed by atoms with Crippen LogP contribution in [0.5, 0.6) is 0 Å². The fourth-order valence-electron chi connectivity index (χ4n) is 2.85. The van der Waals surface area contributed by atoms with E-state index in [1.165, 1.54) is 40.7 Å². The van der Waals surface area contributed by atoms with Crippen LogP contribution < -0.4 is 10.9 Å². The van der Waals surface area contributed by atoms with Crippen molar-refractivity contribution in [2.75, 3.05) is 6.54 Å². The molecule has 30 heavy (non-hydrogen) atoms. The van der Waals surface area contributed by atoms with Crippen molar-refractivity contribution < 1.29 is 4.79 Å². The normalized spacial score (nSPS) is 10.7. The van der Waals surface area contributed by atoms with Crippen molar-refractivity contribution in [2.45, 2.75) is 13.5 Å². The lowest BCUT2D eigenvalue weighted by Crippen LogP contribution is -2.32. The van der Waals surface area contributed by atoms with E-state index in [1.54, 1.807) is 6.07 Å². The number of aromatic nitrogens is 5. The standard InChI is InChI=1S/C21H18N6O2S/c1-14-19(30-21(25-14)15-5-3-2-4-6-15)16-7-8-18(28)27(26-16)12-11-24-20(29)17-13-22-9-10-23-17/h2-10,13H,11-12H2,1H3,(H,24,29). The van der Waals surface area contributed by atoms with Gasteiger partial charge in [0.15, 0.2) is 0 Å². The van der Waals surface area contributed by atoms with E-state index < -0.39 is 0 Å². The van der Waals surface area contributed by atoms with Crippen molar-refractivity contribution in [3.05, 3.63) is 82.8 Å². The molecule has 150 valence electrons. The molecule has 0 bridgehead atoms.